The second-order valence-corrected chi connectivity index (χ2v) is 9.95. The number of aromatic nitrogens is 1. The van der Waals surface area contributed by atoms with E-state index in [2.05, 4.69) is 15.3 Å². The number of amides is 2. The van der Waals surface area contributed by atoms with Crippen molar-refractivity contribution in [3.8, 4) is 5.75 Å². The van der Waals surface area contributed by atoms with E-state index < -0.39 is 0 Å². The van der Waals surface area contributed by atoms with E-state index in [4.69, 9.17) is 4.74 Å². The highest BCUT2D eigenvalue weighted by molar-refractivity contribution is 7.07. The van der Waals surface area contributed by atoms with Crippen molar-refractivity contribution < 1.29 is 14.3 Å². The van der Waals surface area contributed by atoms with Crippen LogP contribution in [0.4, 0.5) is 0 Å². The molecule has 0 N–H and O–H groups in total. The Bertz CT molecular complexity index is 951. The third-order valence-corrected chi connectivity index (χ3v) is 7.57. The fraction of sp³-hybridized carbons (Fsp3) is 0.560. The number of fused-ring (bicyclic) bond motifs is 2. The normalized spacial score (nSPS) is 23.3. The predicted octanol–water partition coefficient (Wildman–Crippen LogP) is 3.66. The lowest BCUT2D eigenvalue weighted by Gasteiger charge is -2.41. The van der Waals surface area contributed by atoms with Crippen molar-refractivity contribution in [2.75, 3.05) is 39.8 Å². The summed E-state index contributed by atoms with van der Waals surface area (Å²) in [4.78, 5) is 36.3. The van der Waals surface area contributed by atoms with Crippen LogP contribution < -0.4 is 4.74 Å². The quantitative estimate of drug-likeness (QED) is 0.670. The first-order valence-electron chi connectivity index (χ1n) is 11.8. The van der Waals surface area contributed by atoms with Gasteiger partial charge >= 0.3 is 0 Å². The summed E-state index contributed by atoms with van der Waals surface area (Å²) in [6, 6.07) is 7.38. The van der Waals surface area contributed by atoms with Gasteiger partial charge in [-0.05, 0) is 56.8 Å². The monoisotopic (exact) mass is 470 g/mol. The zero-order valence-corrected chi connectivity index (χ0v) is 20.5. The number of carbonyl (C=O) groups is 2. The van der Waals surface area contributed by atoms with E-state index in [-0.39, 0.29) is 17.4 Å². The molecule has 1 spiro atoms. The zero-order valence-electron chi connectivity index (χ0n) is 19.7. The van der Waals surface area contributed by atoms with Crippen molar-refractivity contribution in [2.24, 2.45) is 0 Å². The average Bonchev–Trinajstić information content (AvgIpc) is 3.45. The summed E-state index contributed by atoms with van der Waals surface area (Å²) in [6.07, 6.45) is 5.13. The minimum atomic E-state index is -0.0800. The third-order valence-electron chi connectivity index (χ3n) is 6.93. The van der Waals surface area contributed by atoms with E-state index in [0.717, 1.165) is 57.4 Å². The molecule has 178 valence electrons. The number of hydrogen-bond acceptors (Lipinski definition) is 6. The van der Waals surface area contributed by atoms with Crippen molar-refractivity contribution in [2.45, 2.75) is 51.1 Å². The molecular formula is C25H34N4O3S. The lowest BCUT2D eigenvalue weighted by molar-refractivity contribution is -0.129. The Kier molecular flexibility index (Phi) is 7.65. The standard InChI is InChI=1S/C25H34N4O3S/c1-20(30)28-11-4-3-9-25(10-6-12-29(25)16-22-17-33-19-26-22)18-27(2)24(31)21-7-5-8-23(15-21)32-14-13-28/h5,7-8,15,17,19H,3-4,6,9-14,16,18H2,1-2H3/t25-/m1/s1. The maximum atomic E-state index is 13.3. The van der Waals surface area contributed by atoms with E-state index in [1.165, 1.54) is 0 Å². The van der Waals surface area contributed by atoms with Gasteiger partial charge in [0.2, 0.25) is 5.91 Å². The van der Waals surface area contributed by atoms with Crippen molar-refractivity contribution in [3.63, 3.8) is 0 Å². The number of rotatable bonds is 2. The zero-order chi connectivity index (χ0) is 23.3. The molecule has 1 saturated heterocycles. The minimum Gasteiger partial charge on any atom is -0.492 e. The fourth-order valence-corrected chi connectivity index (χ4v) is 5.75. The van der Waals surface area contributed by atoms with Gasteiger partial charge in [-0.25, -0.2) is 4.98 Å². The molecule has 8 heteroatoms. The maximum Gasteiger partial charge on any atom is 0.253 e. The molecule has 1 fully saturated rings. The second kappa shape index (κ2) is 10.7. The molecule has 4 rings (SSSR count). The molecular weight excluding hydrogens is 436 g/mol. The van der Waals surface area contributed by atoms with Crippen LogP contribution in [0.15, 0.2) is 35.2 Å². The molecule has 7 nitrogen and oxygen atoms in total. The largest absolute Gasteiger partial charge is 0.492 e. The topological polar surface area (TPSA) is 66.0 Å². The van der Waals surface area contributed by atoms with Crippen LogP contribution >= 0.6 is 11.3 Å². The van der Waals surface area contributed by atoms with Gasteiger partial charge in [0.15, 0.2) is 0 Å². The van der Waals surface area contributed by atoms with E-state index >= 15 is 0 Å². The molecule has 3 heterocycles. The number of nitrogens with zero attached hydrogens (tertiary/aromatic N) is 4. The van der Waals surface area contributed by atoms with Gasteiger partial charge in [0.1, 0.15) is 12.4 Å². The van der Waals surface area contributed by atoms with E-state index in [9.17, 15) is 9.59 Å². The summed E-state index contributed by atoms with van der Waals surface area (Å²) in [5, 5.41) is 2.11. The van der Waals surface area contributed by atoms with Crippen LogP contribution in [0, 0.1) is 0 Å². The van der Waals surface area contributed by atoms with Gasteiger partial charge in [0.05, 0.1) is 17.7 Å². The third kappa shape index (κ3) is 5.73. The summed E-state index contributed by atoms with van der Waals surface area (Å²) in [7, 11) is 1.91. The van der Waals surface area contributed by atoms with Crippen molar-refractivity contribution in [1.82, 2.24) is 19.7 Å². The smallest absolute Gasteiger partial charge is 0.253 e. The molecule has 0 radical (unpaired) electrons. The summed E-state index contributed by atoms with van der Waals surface area (Å²) >= 11 is 1.62. The summed E-state index contributed by atoms with van der Waals surface area (Å²) in [5.41, 5.74) is 3.53. The molecule has 1 aromatic heterocycles. The van der Waals surface area contributed by atoms with Gasteiger partial charge in [0, 0.05) is 50.1 Å². The Hall–Kier alpha value is -2.45. The van der Waals surface area contributed by atoms with E-state index in [1.54, 1.807) is 18.3 Å². The molecule has 0 saturated carbocycles. The summed E-state index contributed by atoms with van der Waals surface area (Å²) in [6.45, 7) is 5.83. The van der Waals surface area contributed by atoms with E-state index in [0.29, 0.717) is 31.0 Å². The van der Waals surface area contributed by atoms with Crippen molar-refractivity contribution in [3.05, 3.63) is 46.4 Å². The molecule has 1 atom stereocenters. The van der Waals surface area contributed by atoms with Gasteiger partial charge in [-0.15, -0.1) is 11.3 Å². The Morgan fingerprint density at radius 2 is 2.03 bits per heavy atom. The minimum absolute atomic E-state index is 0.0144. The molecule has 2 aliphatic heterocycles. The van der Waals surface area contributed by atoms with Crippen LogP contribution in [0.5, 0.6) is 5.75 Å². The van der Waals surface area contributed by atoms with Crippen LogP contribution in [-0.4, -0.2) is 76.9 Å². The Morgan fingerprint density at radius 1 is 1.18 bits per heavy atom. The molecule has 2 amide bonds. The van der Waals surface area contributed by atoms with Gasteiger partial charge in [-0.1, -0.05) is 6.07 Å². The van der Waals surface area contributed by atoms with Crippen LogP contribution in [0.2, 0.25) is 0 Å². The van der Waals surface area contributed by atoms with E-state index in [1.807, 2.05) is 46.6 Å². The SMILES string of the molecule is CC(=O)N1CCCC[C@@]2(CCCN2Cc2cscn2)CN(C)C(=O)c2cccc(c2)OCC1. The molecule has 1 aromatic carbocycles. The number of thiazole rings is 1. The lowest BCUT2D eigenvalue weighted by Crippen LogP contribution is -2.52. The van der Waals surface area contributed by atoms with Crippen molar-refractivity contribution in [1.29, 1.82) is 0 Å². The number of benzene rings is 1. The molecule has 2 aliphatic rings. The van der Waals surface area contributed by atoms with Crippen LogP contribution in [0.3, 0.4) is 0 Å². The molecule has 33 heavy (non-hydrogen) atoms. The van der Waals surface area contributed by atoms with Crippen molar-refractivity contribution >= 4 is 23.2 Å². The highest BCUT2D eigenvalue weighted by Crippen LogP contribution is 2.36. The van der Waals surface area contributed by atoms with Crippen LogP contribution in [-0.2, 0) is 11.3 Å². The first kappa shape index (κ1) is 23.7. The summed E-state index contributed by atoms with van der Waals surface area (Å²) < 4.78 is 5.88. The first-order valence-corrected chi connectivity index (χ1v) is 12.8. The summed E-state index contributed by atoms with van der Waals surface area (Å²) in [5.74, 6) is 0.751. The number of ether oxygens (including phenoxy) is 1. The highest BCUT2D eigenvalue weighted by atomic mass is 32.1. The van der Waals surface area contributed by atoms with Crippen LogP contribution in [0.25, 0.3) is 0 Å². The predicted molar refractivity (Wildman–Crippen MR) is 129 cm³/mol. The molecule has 0 unspecified atom stereocenters. The number of hydrogen-bond donors (Lipinski definition) is 0. The molecule has 2 bridgehead atoms. The Balaban J connectivity index is 1.60. The lowest BCUT2D eigenvalue weighted by atomic mass is 9.88. The Labute approximate surface area is 200 Å². The van der Waals surface area contributed by atoms with Gasteiger partial charge in [-0.2, -0.15) is 0 Å². The number of carbonyl (C=O) groups excluding carboxylic acids is 2. The molecule has 0 aliphatic carbocycles. The number of likely N-dealkylation sites (tertiary alicyclic amines) is 1. The fourth-order valence-electron chi connectivity index (χ4n) is 5.20. The van der Waals surface area contributed by atoms with Gasteiger partial charge in [0.25, 0.3) is 5.91 Å². The Morgan fingerprint density at radius 3 is 2.82 bits per heavy atom. The number of likely N-dealkylation sites (N-methyl/N-ethyl adjacent to an activating group) is 1. The van der Waals surface area contributed by atoms with Gasteiger partial charge < -0.3 is 14.5 Å². The van der Waals surface area contributed by atoms with Crippen LogP contribution in [0.1, 0.15) is 55.1 Å². The highest BCUT2D eigenvalue weighted by Gasteiger charge is 2.42. The van der Waals surface area contributed by atoms with Gasteiger partial charge in [-0.3, -0.25) is 14.5 Å². The average molecular weight is 471 g/mol. The molecule has 2 aromatic rings. The second-order valence-electron chi connectivity index (χ2n) is 9.23. The maximum absolute atomic E-state index is 13.3. The first-order chi connectivity index (χ1) is 16.0.